The van der Waals surface area contributed by atoms with Gasteiger partial charge in [-0.05, 0) is 30.3 Å². The summed E-state index contributed by atoms with van der Waals surface area (Å²) in [4.78, 5) is 12.2. The summed E-state index contributed by atoms with van der Waals surface area (Å²) in [7, 11) is 4.65. The molecule has 0 aliphatic rings. The van der Waals surface area contributed by atoms with Gasteiger partial charge < -0.3 is 18.9 Å². The third-order valence-electron chi connectivity index (χ3n) is 3.12. The first-order valence-corrected chi connectivity index (χ1v) is 6.70. The molecule has 0 saturated carbocycles. The van der Waals surface area contributed by atoms with Crippen molar-refractivity contribution in [2.24, 2.45) is 0 Å². The topological polar surface area (TPSA) is 54.0 Å². The summed E-state index contributed by atoms with van der Waals surface area (Å²) in [5.74, 6) is 2.19. The molecule has 0 fully saturated rings. The molecule has 0 aromatic heterocycles. The number of rotatable bonds is 7. The molecule has 0 heterocycles. The second kappa shape index (κ2) is 7.36. The lowest BCUT2D eigenvalue weighted by molar-refractivity contribution is 0.0921. The van der Waals surface area contributed by atoms with Crippen LogP contribution in [0.25, 0.3) is 0 Å². The summed E-state index contributed by atoms with van der Waals surface area (Å²) in [5.41, 5.74) is 0.501. The third kappa shape index (κ3) is 3.69. The van der Waals surface area contributed by atoms with E-state index in [0.717, 1.165) is 0 Å². The second-order valence-corrected chi connectivity index (χ2v) is 4.46. The average molecular weight is 302 g/mol. The van der Waals surface area contributed by atoms with Crippen molar-refractivity contribution in [2.45, 2.75) is 0 Å². The maximum absolute atomic E-state index is 12.2. The highest BCUT2D eigenvalue weighted by Gasteiger charge is 2.11. The van der Waals surface area contributed by atoms with Crippen molar-refractivity contribution in [2.75, 3.05) is 27.9 Å². The highest BCUT2D eigenvalue weighted by atomic mass is 16.5. The van der Waals surface area contributed by atoms with Crippen molar-refractivity contribution in [3.63, 3.8) is 0 Å². The molecular weight excluding hydrogens is 284 g/mol. The van der Waals surface area contributed by atoms with Crippen molar-refractivity contribution in [1.82, 2.24) is 0 Å². The van der Waals surface area contributed by atoms with Crippen molar-refractivity contribution >= 4 is 5.78 Å². The Balaban J connectivity index is 2.05. The largest absolute Gasteiger partial charge is 0.497 e. The van der Waals surface area contributed by atoms with Crippen LogP contribution in [0.5, 0.6) is 23.0 Å². The van der Waals surface area contributed by atoms with Crippen LogP contribution < -0.4 is 18.9 Å². The summed E-state index contributed by atoms with van der Waals surface area (Å²) in [6.07, 6.45) is 0. The SMILES string of the molecule is COc1cccc(OCC(=O)c2ccc(OC)c(OC)c2)c1. The number of ether oxygens (including phenoxy) is 4. The molecule has 0 spiro atoms. The monoisotopic (exact) mass is 302 g/mol. The van der Waals surface area contributed by atoms with Crippen LogP contribution in [-0.4, -0.2) is 33.7 Å². The van der Waals surface area contributed by atoms with Crippen LogP contribution >= 0.6 is 0 Å². The second-order valence-electron chi connectivity index (χ2n) is 4.46. The third-order valence-corrected chi connectivity index (χ3v) is 3.12. The van der Waals surface area contributed by atoms with Gasteiger partial charge in [-0.3, -0.25) is 4.79 Å². The molecule has 0 radical (unpaired) electrons. The minimum absolute atomic E-state index is 0.0668. The fourth-order valence-electron chi connectivity index (χ4n) is 1.93. The minimum Gasteiger partial charge on any atom is -0.497 e. The summed E-state index contributed by atoms with van der Waals surface area (Å²) in [5, 5.41) is 0. The van der Waals surface area contributed by atoms with Gasteiger partial charge in [-0.25, -0.2) is 0 Å². The molecule has 0 amide bonds. The van der Waals surface area contributed by atoms with Crippen LogP contribution in [0.1, 0.15) is 10.4 Å². The highest BCUT2D eigenvalue weighted by molar-refractivity contribution is 5.97. The molecule has 22 heavy (non-hydrogen) atoms. The molecule has 5 nitrogen and oxygen atoms in total. The maximum atomic E-state index is 12.2. The van der Waals surface area contributed by atoms with Gasteiger partial charge in [0.1, 0.15) is 11.5 Å². The summed E-state index contributed by atoms with van der Waals surface area (Å²) >= 11 is 0. The average Bonchev–Trinajstić information content (AvgIpc) is 2.59. The van der Waals surface area contributed by atoms with Crippen LogP contribution in [0.3, 0.4) is 0 Å². The number of methoxy groups -OCH3 is 3. The Kier molecular flexibility index (Phi) is 5.25. The van der Waals surface area contributed by atoms with Crippen LogP contribution in [-0.2, 0) is 0 Å². The van der Waals surface area contributed by atoms with Crippen molar-refractivity contribution in [3.05, 3.63) is 48.0 Å². The standard InChI is InChI=1S/C17H18O5/c1-19-13-5-4-6-14(10-13)22-11-15(18)12-7-8-16(20-2)17(9-12)21-3/h4-10H,11H2,1-3H3. The lowest BCUT2D eigenvalue weighted by atomic mass is 10.1. The van der Waals surface area contributed by atoms with Crippen molar-refractivity contribution in [1.29, 1.82) is 0 Å². The molecular formula is C17H18O5. The van der Waals surface area contributed by atoms with E-state index in [0.29, 0.717) is 28.6 Å². The zero-order valence-corrected chi connectivity index (χ0v) is 12.8. The Morgan fingerprint density at radius 1 is 0.864 bits per heavy atom. The predicted molar refractivity (Wildman–Crippen MR) is 82.4 cm³/mol. The smallest absolute Gasteiger partial charge is 0.200 e. The van der Waals surface area contributed by atoms with E-state index < -0.39 is 0 Å². The van der Waals surface area contributed by atoms with Crippen LogP contribution in [0.4, 0.5) is 0 Å². The number of hydrogen-bond donors (Lipinski definition) is 0. The first-order chi connectivity index (χ1) is 10.7. The molecule has 5 heteroatoms. The van der Waals surface area contributed by atoms with Crippen LogP contribution in [0.2, 0.25) is 0 Å². The van der Waals surface area contributed by atoms with E-state index in [2.05, 4.69) is 0 Å². The van der Waals surface area contributed by atoms with E-state index in [9.17, 15) is 4.79 Å². The van der Waals surface area contributed by atoms with E-state index in [1.165, 1.54) is 7.11 Å². The fraction of sp³-hybridized carbons (Fsp3) is 0.235. The molecule has 0 unspecified atom stereocenters. The van der Waals surface area contributed by atoms with E-state index in [1.54, 1.807) is 50.6 Å². The van der Waals surface area contributed by atoms with Gasteiger partial charge in [0, 0.05) is 11.6 Å². The van der Waals surface area contributed by atoms with E-state index >= 15 is 0 Å². The Bertz CT molecular complexity index is 651. The zero-order chi connectivity index (χ0) is 15.9. The highest BCUT2D eigenvalue weighted by Crippen LogP contribution is 2.27. The van der Waals surface area contributed by atoms with E-state index in [-0.39, 0.29) is 12.4 Å². The first kappa shape index (κ1) is 15.7. The molecule has 2 aromatic rings. The van der Waals surface area contributed by atoms with Gasteiger partial charge in [-0.15, -0.1) is 0 Å². The molecule has 2 aromatic carbocycles. The van der Waals surface area contributed by atoms with Gasteiger partial charge in [-0.1, -0.05) is 6.07 Å². The normalized spacial score (nSPS) is 9.95. The molecule has 116 valence electrons. The molecule has 2 rings (SSSR count). The molecule has 0 aliphatic heterocycles. The molecule has 0 N–H and O–H groups in total. The maximum Gasteiger partial charge on any atom is 0.200 e. The molecule has 0 aliphatic carbocycles. The number of benzene rings is 2. The number of hydrogen-bond acceptors (Lipinski definition) is 5. The number of carbonyl (C=O) groups is 1. The summed E-state index contributed by atoms with van der Waals surface area (Å²) in [6, 6.07) is 12.1. The van der Waals surface area contributed by atoms with E-state index in [4.69, 9.17) is 18.9 Å². The lowest BCUT2D eigenvalue weighted by Gasteiger charge is -2.10. The van der Waals surface area contributed by atoms with Gasteiger partial charge >= 0.3 is 0 Å². The van der Waals surface area contributed by atoms with Gasteiger partial charge in [0.25, 0.3) is 0 Å². The molecule has 0 saturated heterocycles. The van der Waals surface area contributed by atoms with Gasteiger partial charge in [0.05, 0.1) is 21.3 Å². The van der Waals surface area contributed by atoms with Crippen LogP contribution in [0, 0.1) is 0 Å². The Labute approximate surface area is 129 Å². The van der Waals surface area contributed by atoms with Gasteiger partial charge in [-0.2, -0.15) is 0 Å². The zero-order valence-electron chi connectivity index (χ0n) is 12.8. The first-order valence-electron chi connectivity index (χ1n) is 6.70. The van der Waals surface area contributed by atoms with Crippen molar-refractivity contribution < 1.29 is 23.7 Å². The summed E-state index contributed by atoms with van der Waals surface area (Å²) < 4.78 is 20.9. The Morgan fingerprint density at radius 2 is 1.59 bits per heavy atom. The lowest BCUT2D eigenvalue weighted by Crippen LogP contribution is -2.11. The number of carbonyl (C=O) groups excluding carboxylic acids is 1. The number of ketones is 1. The Morgan fingerprint density at radius 3 is 2.27 bits per heavy atom. The fourth-order valence-corrected chi connectivity index (χ4v) is 1.93. The van der Waals surface area contributed by atoms with Crippen molar-refractivity contribution in [3.8, 4) is 23.0 Å². The Hall–Kier alpha value is -2.69. The van der Waals surface area contributed by atoms with E-state index in [1.807, 2.05) is 6.07 Å². The number of Topliss-reactive ketones (excluding diaryl/α,β-unsaturated/α-hetero) is 1. The van der Waals surface area contributed by atoms with Gasteiger partial charge in [0.2, 0.25) is 0 Å². The summed E-state index contributed by atoms with van der Waals surface area (Å²) in [6.45, 7) is -0.0668. The molecule has 0 atom stereocenters. The van der Waals surface area contributed by atoms with Gasteiger partial charge in [0.15, 0.2) is 23.9 Å². The quantitative estimate of drug-likeness (QED) is 0.736. The predicted octanol–water partition coefficient (Wildman–Crippen LogP) is 2.97. The van der Waals surface area contributed by atoms with Crippen LogP contribution in [0.15, 0.2) is 42.5 Å². The molecule has 0 bridgehead atoms. The minimum atomic E-state index is -0.149.